The summed E-state index contributed by atoms with van der Waals surface area (Å²) in [5.41, 5.74) is 1.48. The van der Waals surface area contributed by atoms with Crippen LogP contribution < -0.4 is 9.62 Å². The van der Waals surface area contributed by atoms with Crippen molar-refractivity contribution in [2.45, 2.75) is 43.5 Å². The van der Waals surface area contributed by atoms with E-state index in [0.29, 0.717) is 22.5 Å². The fourth-order valence-electron chi connectivity index (χ4n) is 4.56. The SMILES string of the molecule is Cc1ccc(N(CC(=O)N[C@H]2C[C@@H]3CC[C@H]2C3)S(=O)(=O)c2ccc(Cl)cc2)cc1. The van der Waals surface area contributed by atoms with Gasteiger partial charge in [0.1, 0.15) is 6.54 Å². The number of anilines is 1. The van der Waals surface area contributed by atoms with Crippen LogP contribution in [-0.4, -0.2) is 26.9 Å². The van der Waals surface area contributed by atoms with Crippen LogP contribution in [0.4, 0.5) is 5.69 Å². The molecule has 2 fully saturated rings. The first-order chi connectivity index (χ1) is 13.8. The van der Waals surface area contributed by atoms with Crippen LogP contribution in [0.2, 0.25) is 5.02 Å². The molecule has 1 amide bonds. The number of halogens is 1. The van der Waals surface area contributed by atoms with Crippen LogP contribution >= 0.6 is 11.6 Å². The second-order valence-electron chi connectivity index (χ2n) is 8.15. The Morgan fingerprint density at radius 2 is 1.76 bits per heavy atom. The Kier molecular flexibility index (Phi) is 5.58. The Bertz CT molecular complexity index is 990. The van der Waals surface area contributed by atoms with Crippen molar-refractivity contribution in [2.24, 2.45) is 11.8 Å². The molecular formula is C22H25ClN2O3S. The predicted molar refractivity (Wildman–Crippen MR) is 115 cm³/mol. The third kappa shape index (κ3) is 4.28. The molecule has 29 heavy (non-hydrogen) atoms. The molecule has 2 aromatic carbocycles. The molecule has 3 atom stereocenters. The number of fused-ring (bicyclic) bond motifs is 2. The van der Waals surface area contributed by atoms with Crippen LogP contribution in [0.5, 0.6) is 0 Å². The van der Waals surface area contributed by atoms with Gasteiger partial charge in [-0.1, -0.05) is 35.7 Å². The quantitative estimate of drug-likeness (QED) is 0.745. The summed E-state index contributed by atoms with van der Waals surface area (Å²) in [6.45, 7) is 1.69. The lowest BCUT2D eigenvalue weighted by Crippen LogP contribution is -2.46. The monoisotopic (exact) mass is 432 g/mol. The summed E-state index contributed by atoms with van der Waals surface area (Å²) in [6, 6.07) is 13.3. The maximum absolute atomic E-state index is 13.3. The van der Waals surface area contributed by atoms with Gasteiger partial charge in [-0.2, -0.15) is 0 Å². The van der Waals surface area contributed by atoms with Crippen molar-refractivity contribution in [3.63, 3.8) is 0 Å². The Morgan fingerprint density at radius 1 is 1.07 bits per heavy atom. The number of carbonyl (C=O) groups is 1. The van der Waals surface area contributed by atoms with Gasteiger partial charge in [-0.3, -0.25) is 9.10 Å². The van der Waals surface area contributed by atoms with Crippen molar-refractivity contribution in [3.05, 3.63) is 59.1 Å². The van der Waals surface area contributed by atoms with Crippen molar-refractivity contribution in [1.29, 1.82) is 0 Å². The number of hydrogen-bond acceptors (Lipinski definition) is 3. The normalized spacial score (nSPS) is 23.2. The molecule has 1 N–H and O–H groups in total. The smallest absolute Gasteiger partial charge is 0.264 e. The van der Waals surface area contributed by atoms with Crippen molar-refractivity contribution in [2.75, 3.05) is 10.8 Å². The van der Waals surface area contributed by atoms with Gasteiger partial charge in [0.25, 0.3) is 10.0 Å². The predicted octanol–water partition coefficient (Wildman–Crippen LogP) is 4.15. The average molecular weight is 433 g/mol. The molecule has 154 valence electrons. The molecule has 7 heteroatoms. The Balaban J connectivity index is 1.59. The fraction of sp³-hybridized carbons (Fsp3) is 0.409. The van der Waals surface area contributed by atoms with E-state index < -0.39 is 10.0 Å². The van der Waals surface area contributed by atoms with Gasteiger partial charge in [-0.05, 0) is 74.4 Å². The van der Waals surface area contributed by atoms with E-state index in [1.165, 1.54) is 41.4 Å². The van der Waals surface area contributed by atoms with E-state index in [1.807, 2.05) is 19.1 Å². The van der Waals surface area contributed by atoms with Gasteiger partial charge < -0.3 is 5.32 Å². The molecule has 5 nitrogen and oxygen atoms in total. The number of amides is 1. The molecule has 2 aliphatic carbocycles. The van der Waals surface area contributed by atoms with E-state index in [4.69, 9.17) is 11.6 Å². The molecule has 2 saturated carbocycles. The molecule has 0 aliphatic heterocycles. The van der Waals surface area contributed by atoms with E-state index >= 15 is 0 Å². The van der Waals surface area contributed by atoms with Gasteiger partial charge in [0, 0.05) is 11.1 Å². The fourth-order valence-corrected chi connectivity index (χ4v) is 6.11. The van der Waals surface area contributed by atoms with Gasteiger partial charge in [0.2, 0.25) is 5.91 Å². The Hall–Kier alpha value is -2.05. The number of rotatable bonds is 6. The van der Waals surface area contributed by atoms with Crippen molar-refractivity contribution >= 4 is 33.2 Å². The zero-order chi connectivity index (χ0) is 20.6. The van der Waals surface area contributed by atoms with Crippen LogP contribution in [-0.2, 0) is 14.8 Å². The minimum atomic E-state index is -3.91. The molecule has 0 saturated heterocycles. The molecule has 2 aliphatic rings. The van der Waals surface area contributed by atoms with Gasteiger partial charge in [-0.25, -0.2) is 8.42 Å². The van der Waals surface area contributed by atoms with Gasteiger partial charge in [-0.15, -0.1) is 0 Å². The van der Waals surface area contributed by atoms with Gasteiger partial charge >= 0.3 is 0 Å². The maximum atomic E-state index is 13.3. The minimum Gasteiger partial charge on any atom is -0.352 e. The number of sulfonamides is 1. The lowest BCUT2D eigenvalue weighted by molar-refractivity contribution is -0.120. The standard InChI is InChI=1S/C22H25ClN2O3S/c1-15-2-8-19(9-3-15)25(29(27,28)20-10-6-18(23)7-11-20)14-22(26)24-21-13-16-4-5-17(21)12-16/h2-3,6-11,16-17,21H,4-5,12-14H2,1H3,(H,24,26)/t16-,17+,21+/m1/s1. The van der Waals surface area contributed by atoms with E-state index in [1.54, 1.807) is 12.1 Å². The second-order valence-corrected chi connectivity index (χ2v) is 10.4. The maximum Gasteiger partial charge on any atom is 0.264 e. The highest BCUT2D eigenvalue weighted by Gasteiger charge is 2.40. The molecular weight excluding hydrogens is 408 g/mol. The zero-order valence-electron chi connectivity index (χ0n) is 16.3. The number of hydrogen-bond donors (Lipinski definition) is 1. The highest BCUT2D eigenvalue weighted by Crippen LogP contribution is 2.44. The van der Waals surface area contributed by atoms with Crippen LogP contribution in [0.25, 0.3) is 0 Å². The lowest BCUT2D eigenvalue weighted by Gasteiger charge is -2.27. The molecule has 0 radical (unpaired) electrons. The first-order valence-corrected chi connectivity index (χ1v) is 11.8. The minimum absolute atomic E-state index is 0.107. The molecule has 0 aromatic heterocycles. The highest BCUT2D eigenvalue weighted by atomic mass is 35.5. The van der Waals surface area contributed by atoms with Crippen molar-refractivity contribution in [3.8, 4) is 0 Å². The highest BCUT2D eigenvalue weighted by molar-refractivity contribution is 7.92. The second kappa shape index (κ2) is 8.00. The molecule has 2 aromatic rings. The summed E-state index contributed by atoms with van der Waals surface area (Å²) in [6.07, 6.45) is 4.58. The van der Waals surface area contributed by atoms with Crippen molar-refractivity contribution in [1.82, 2.24) is 5.32 Å². The zero-order valence-corrected chi connectivity index (χ0v) is 17.9. The number of benzene rings is 2. The third-order valence-corrected chi connectivity index (χ3v) is 8.14. The summed E-state index contributed by atoms with van der Waals surface area (Å²) in [7, 11) is -3.91. The largest absolute Gasteiger partial charge is 0.352 e. The molecule has 0 heterocycles. The summed E-state index contributed by atoms with van der Waals surface area (Å²) >= 11 is 5.91. The molecule has 0 unspecified atom stereocenters. The number of nitrogens with zero attached hydrogens (tertiary/aromatic N) is 1. The van der Waals surface area contributed by atoms with Crippen molar-refractivity contribution < 1.29 is 13.2 Å². The summed E-state index contributed by atoms with van der Waals surface area (Å²) < 4.78 is 27.8. The molecule has 2 bridgehead atoms. The van der Waals surface area contributed by atoms with Crippen LogP contribution in [0.15, 0.2) is 53.4 Å². The molecule has 0 spiro atoms. The van der Waals surface area contributed by atoms with E-state index in [9.17, 15) is 13.2 Å². The Labute approximate surface area is 177 Å². The number of carbonyl (C=O) groups excluding carboxylic acids is 1. The third-order valence-electron chi connectivity index (χ3n) is 6.10. The van der Waals surface area contributed by atoms with Gasteiger partial charge in [0.05, 0.1) is 10.6 Å². The Morgan fingerprint density at radius 3 is 2.34 bits per heavy atom. The summed E-state index contributed by atoms with van der Waals surface area (Å²) in [5.74, 6) is 0.974. The first-order valence-electron chi connectivity index (χ1n) is 9.97. The molecule has 4 rings (SSSR count). The average Bonchev–Trinajstić information content (AvgIpc) is 3.30. The van der Waals surface area contributed by atoms with Crippen LogP contribution in [0.3, 0.4) is 0 Å². The van der Waals surface area contributed by atoms with E-state index in [0.717, 1.165) is 18.4 Å². The number of aryl methyl sites for hydroxylation is 1. The van der Waals surface area contributed by atoms with E-state index in [-0.39, 0.29) is 23.4 Å². The summed E-state index contributed by atoms with van der Waals surface area (Å²) in [4.78, 5) is 12.9. The number of nitrogens with one attached hydrogen (secondary N) is 1. The van der Waals surface area contributed by atoms with Crippen LogP contribution in [0.1, 0.15) is 31.2 Å². The topological polar surface area (TPSA) is 66.5 Å². The van der Waals surface area contributed by atoms with E-state index in [2.05, 4.69) is 5.32 Å². The summed E-state index contributed by atoms with van der Waals surface area (Å²) in [5, 5.41) is 3.55. The van der Waals surface area contributed by atoms with Crippen LogP contribution in [0, 0.1) is 18.8 Å². The van der Waals surface area contributed by atoms with Gasteiger partial charge in [0.15, 0.2) is 0 Å². The first kappa shape index (κ1) is 20.2. The lowest BCUT2D eigenvalue weighted by atomic mass is 9.95.